The SMILES string of the molecule is COC(=O)[C@@H](N)Cc1ccc(C)c(Br)c1.Cl. The van der Waals surface area contributed by atoms with Gasteiger partial charge in [-0.3, -0.25) is 4.79 Å². The standard InChI is InChI=1S/C11H14BrNO2.ClH/c1-7-3-4-8(5-9(7)12)6-10(13)11(14)15-2;/h3-5,10H,6,13H2,1-2H3;1H/t10-;/m0./s1. The Balaban J connectivity index is 0.00000225. The van der Waals surface area contributed by atoms with Gasteiger partial charge in [-0.2, -0.15) is 0 Å². The van der Waals surface area contributed by atoms with Crippen molar-refractivity contribution in [3.05, 3.63) is 33.8 Å². The Morgan fingerprint density at radius 3 is 2.69 bits per heavy atom. The molecule has 0 saturated carbocycles. The molecule has 0 radical (unpaired) electrons. The molecule has 0 unspecified atom stereocenters. The number of ether oxygens (including phenoxy) is 1. The van der Waals surface area contributed by atoms with Crippen molar-refractivity contribution in [2.75, 3.05) is 7.11 Å². The van der Waals surface area contributed by atoms with Crippen molar-refractivity contribution in [2.45, 2.75) is 19.4 Å². The molecular formula is C11H15BrClNO2. The van der Waals surface area contributed by atoms with Crippen LogP contribution in [-0.4, -0.2) is 19.1 Å². The van der Waals surface area contributed by atoms with Gasteiger partial charge in [-0.1, -0.05) is 28.1 Å². The zero-order chi connectivity index (χ0) is 11.4. The van der Waals surface area contributed by atoms with Gasteiger partial charge in [0.25, 0.3) is 0 Å². The Bertz CT molecular complexity index is 371. The lowest BCUT2D eigenvalue weighted by molar-refractivity contribution is -0.142. The van der Waals surface area contributed by atoms with E-state index in [1.165, 1.54) is 7.11 Å². The minimum atomic E-state index is -0.593. The molecule has 1 aromatic carbocycles. The van der Waals surface area contributed by atoms with E-state index in [1.54, 1.807) is 0 Å². The van der Waals surface area contributed by atoms with E-state index in [9.17, 15) is 4.79 Å². The smallest absolute Gasteiger partial charge is 0.322 e. The lowest BCUT2D eigenvalue weighted by atomic mass is 10.1. The molecule has 16 heavy (non-hydrogen) atoms. The van der Waals surface area contributed by atoms with E-state index >= 15 is 0 Å². The van der Waals surface area contributed by atoms with E-state index < -0.39 is 6.04 Å². The first kappa shape index (κ1) is 15.4. The molecule has 0 amide bonds. The van der Waals surface area contributed by atoms with E-state index in [4.69, 9.17) is 5.73 Å². The molecule has 0 aromatic heterocycles. The van der Waals surface area contributed by atoms with Crippen LogP contribution in [0.5, 0.6) is 0 Å². The molecule has 1 aromatic rings. The first-order valence-corrected chi connectivity index (χ1v) is 5.42. The van der Waals surface area contributed by atoms with Gasteiger partial charge >= 0.3 is 5.97 Å². The maximum absolute atomic E-state index is 11.1. The van der Waals surface area contributed by atoms with Gasteiger partial charge < -0.3 is 10.5 Å². The van der Waals surface area contributed by atoms with Crippen molar-refractivity contribution in [3.8, 4) is 0 Å². The van der Waals surface area contributed by atoms with Crippen LogP contribution in [0, 0.1) is 6.92 Å². The van der Waals surface area contributed by atoms with Gasteiger partial charge in [0.05, 0.1) is 7.11 Å². The van der Waals surface area contributed by atoms with Gasteiger partial charge in [0.2, 0.25) is 0 Å². The van der Waals surface area contributed by atoms with Gasteiger partial charge in [0.15, 0.2) is 0 Å². The lowest BCUT2D eigenvalue weighted by Crippen LogP contribution is -2.33. The van der Waals surface area contributed by atoms with E-state index in [2.05, 4.69) is 20.7 Å². The Labute approximate surface area is 110 Å². The fourth-order valence-corrected chi connectivity index (χ4v) is 1.68. The third-order valence-corrected chi connectivity index (χ3v) is 3.05. The number of hydrogen-bond acceptors (Lipinski definition) is 3. The summed E-state index contributed by atoms with van der Waals surface area (Å²) in [6.45, 7) is 2.01. The average molecular weight is 309 g/mol. The second kappa shape index (κ2) is 6.89. The van der Waals surface area contributed by atoms with Crippen LogP contribution in [0.4, 0.5) is 0 Å². The highest BCUT2D eigenvalue weighted by atomic mass is 79.9. The summed E-state index contributed by atoms with van der Waals surface area (Å²) in [4.78, 5) is 11.1. The molecule has 0 aliphatic carbocycles. The van der Waals surface area contributed by atoms with Gasteiger partial charge in [0.1, 0.15) is 6.04 Å². The van der Waals surface area contributed by atoms with Crippen LogP contribution in [0.2, 0.25) is 0 Å². The summed E-state index contributed by atoms with van der Waals surface area (Å²) < 4.78 is 5.59. The number of rotatable bonds is 3. The third-order valence-electron chi connectivity index (χ3n) is 2.20. The first-order valence-electron chi connectivity index (χ1n) is 4.63. The number of hydrogen-bond donors (Lipinski definition) is 1. The Kier molecular flexibility index (Phi) is 6.64. The van der Waals surface area contributed by atoms with Crippen LogP contribution in [0.15, 0.2) is 22.7 Å². The minimum Gasteiger partial charge on any atom is -0.468 e. The first-order chi connectivity index (χ1) is 7.04. The van der Waals surface area contributed by atoms with Crippen molar-refractivity contribution >= 4 is 34.3 Å². The Morgan fingerprint density at radius 1 is 1.56 bits per heavy atom. The van der Waals surface area contributed by atoms with Crippen LogP contribution >= 0.6 is 28.3 Å². The number of halogens is 2. The minimum absolute atomic E-state index is 0. The zero-order valence-electron chi connectivity index (χ0n) is 9.20. The molecule has 0 spiro atoms. The van der Waals surface area contributed by atoms with E-state index in [0.29, 0.717) is 6.42 Å². The fourth-order valence-electron chi connectivity index (χ4n) is 1.25. The highest BCUT2D eigenvalue weighted by Crippen LogP contribution is 2.18. The maximum Gasteiger partial charge on any atom is 0.322 e. The number of nitrogens with two attached hydrogens (primary N) is 1. The molecule has 0 heterocycles. The van der Waals surface area contributed by atoms with Crippen LogP contribution in [0.3, 0.4) is 0 Å². The average Bonchev–Trinajstić information content (AvgIpc) is 2.22. The number of carbonyl (C=O) groups excluding carboxylic acids is 1. The summed E-state index contributed by atoms with van der Waals surface area (Å²) in [5.74, 6) is -0.383. The molecule has 2 N–H and O–H groups in total. The summed E-state index contributed by atoms with van der Waals surface area (Å²) in [6, 6.07) is 5.33. The predicted molar refractivity (Wildman–Crippen MR) is 69.8 cm³/mol. The normalized spacial score (nSPS) is 11.5. The summed E-state index contributed by atoms with van der Waals surface area (Å²) in [6.07, 6.45) is 0.492. The molecule has 90 valence electrons. The summed E-state index contributed by atoms with van der Waals surface area (Å²) in [7, 11) is 1.34. The topological polar surface area (TPSA) is 52.3 Å². The molecule has 1 rings (SSSR count). The predicted octanol–water partition coefficient (Wildman–Crippen LogP) is 2.22. The largest absolute Gasteiger partial charge is 0.468 e. The van der Waals surface area contributed by atoms with Crippen LogP contribution in [0.25, 0.3) is 0 Å². The maximum atomic E-state index is 11.1. The Morgan fingerprint density at radius 2 is 2.19 bits per heavy atom. The molecule has 0 aliphatic heterocycles. The van der Waals surface area contributed by atoms with Gasteiger partial charge in [-0.05, 0) is 30.5 Å². The van der Waals surface area contributed by atoms with Crippen LogP contribution in [0.1, 0.15) is 11.1 Å². The number of esters is 1. The highest BCUT2D eigenvalue weighted by Gasteiger charge is 2.14. The summed E-state index contributed by atoms with van der Waals surface area (Å²) >= 11 is 3.43. The molecular weight excluding hydrogens is 293 g/mol. The highest BCUT2D eigenvalue weighted by molar-refractivity contribution is 9.10. The third kappa shape index (κ3) is 4.12. The van der Waals surface area contributed by atoms with Crippen LogP contribution in [-0.2, 0) is 16.0 Å². The summed E-state index contributed by atoms with van der Waals surface area (Å²) in [5, 5.41) is 0. The second-order valence-electron chi connectivity index (χ2n) is 3.42. The summed E-state index contributed by atoms with van der Waals surface area (Å²) in [5.41, 5.74) is 7.83. The molecule has 0 saturated heterocycles. The van der Waals surface area contributed by atoms with Crippen LogP contribution < -0.4 is 5.73 Å². The monoisotopic (exact) mass is 307 g/mol. The van der Waals surface area contributed by atoms with E-state index in [-0.39, 0.29) is 18.4 Å². The second-order valence-corrected chi connectivity index (χ2v) is 4.27. The van der Waals surface area contributed by atoms with Crippen molar-refractivity contribution in [1.29, 1.82) is 0 Å². The Hall–Kier alpha value is -0.580. The van der Waals surface area contributed by atoms with Crippen molar-refractivity contribution in [1.82, 2.24) is 0 Å². The van der Waals surface area contributed by atoms with Crippen molar-refractivity contribution < 1.29 is 9.53 Å². The number of methoxy groups -OCH3 is 1. The fraction of sp³-hybridized carbons (Fsp3) is 0.364. The molecule has 0 bridgehead atoms. The molecule has 0 aliphatic rings. The quantitative estimate of drug-likeness (QED) is 0.871. The molecule has 3 nitrogen and oxygen atoms in total. The van der Waals surface area contributed by atoms with E-state index in [0.717, 1.165) is 15.6 Å². The van der Waals surface area contributed by atoms with Crippen molar-refractivity contribution in [3.63, 3.8) is 0 Å². The number of benzene rings is 1. The molecule has 5 heteroatoms. The van der Waals surface area contributed by atoms with Gasteiger partial charge in [0, 0.05) is 4.47 Å². The molecule has 0 fully saturated rings. The number of carbonyl (C=O) groups is 1. The number of aryl methyl sites for hydroxylation is 1. The van der Waals surface area contributed by atoms with Gasteiger partial charge in [-0.25, -0.2) is 0 Å². The van der Waals surface area contributed by atoms with Gasteiger partial charge in [-0.15, -0.1) is 12.4 Å². The van der Waals surface area contributed by atoms with Crippen molar-refractivity contribution in [2.24, 2.45) is 5.73 Å². The lowest BCUT2D eigenvalue weighted by Gasteiger charge is -2.09. The molecule has 1 atom stereocenters. The van der Waals surface area contributed by atoms with E-state index in [1.807, 2.05) is 25.1 Å². The zero-order valence-corrected chi connectivity index (χ0v) is 11.6.